The average Bonchev–Trinajstić information content (AvgIpc) is 2.72. The number of hydrogen-bond acceptors (Lipinski definition) is 3. The fourth-order valence-electron chi connectivity index (χ4n) is 1.72. The van der Waals surface area contributed by atoms with Crippen molar-refractivity contribution < 1.29 is 4.74 Å². The van der Waals surface area contributed by atoms with Crippen LogP contribution in [0.25, 0.3) is 0 Å². The Morgan fingerprint density at radius 2 is 2.53 bits per heavy atom. The number of nitrogens with zero attached hydrogens (tertiary/aromatic N) is 1. The Labute approximate surface area is 104 Å². The zero-order chi connectivity index (χ0) is 10.7. The predicted octanol–water partition coefficient (Wildman–Crippen LogP) is 2.13. The van der Waals surface area contributed by atoms with Crippen molar-refractivity contribution in [3.8, 4) is 5.75 Å². The first-order valence-corrected chi connectivity index (χ1v) is 6.32. The molecule has 82 valence electrons. The maximum atomic E-state index is 5.77. The van der Waals surface area contributed by atoms with Gasteiger partial charge in [0, 0.05) is 15.8 Å². The molecule has 1 aromatic rings. The quantitative estimate of drug-likeness (QED) is 0.867. The SMILES string of the molecule is Cc1ncc(I)cc1OC[C@@H]1CCCN1. The van der Waals surface area contributed by atoms with Crippen LogP contribution in [0.2, 0.25) is 0 Å². The molecule has 0 radical (unpaired) electrons. The fourth-order valence-corrected chi connectivity index (χ4v) is 2.15. The van der Waals surface area contributed by atoms with Crippen LogP contribution in [-0.4, -0.2) is 24.2 Å². The van der Waals surface area contributed by atoms with Gasteiger partial charge in [-0.15, -0.1) is 0 Å². The van der Waals surface area contributed by atoms with E-state index in [9.17, 15) is 0 Å². The Morgan fingerprint density at radius 1 is 1.67 bits per heavy atom. The van der Waals surface area contributed by atoms with Crippen LogP contribution >= 0.6 is 22.6 Å². The summed E-state index contributed by atoms with van der Waals surface area (Å²) >= 11 is 2.25. The lowest BCUT2D eigenvalue weighted by Crippen LogP contribution is -2.28. The third-order valence-corrected chi connectivity index (χ3v) is 3.20. The molecule has 0 aromatic carbocycles. The van der Waals surface area contributed by atoms with Crippen LogP contribution in [0.1, 0.15) is 18.5 Å². The predicted molar refractivity (Wildman–Crippen MR) is 68.2 cm³/mol. The molecule has 4 heteroatoms. The van der Waals surface area contributed by atoms with Gasteiger partial charge in [-0.05, 0) is 55.0 Å². The van der Waals surface area contributed by atoms with E-state index >= 15 is 0 Å². The maximum Gasteiger partial charge on any atom is 0.141 e. The van der Waals surface area contributed by atoms with Gasteiger partial charge in [-0.3, -0.25) is 4.98 Å². The van der Waals surface area contributed by atoms with E-state index in [1.165, 1.54) is 12.8 Å². The summed E-state index contributed by atoms with van der Waals surface area (Å²) in [6.07, 6.45) is 4.34. The Hall–Kier alpha value is -0.360. The van der Waals surface area contributed by atoms with E-state index in [0.29, 0.717) is 6.04 Å². The second-order valence-corrected chi connectivity index (χ2v) is 5.09. The van der Waals surface area contributed by atoms with Gasteiger partial charge in [0.25, 0.3) is 0 Å². The first-order chi connectivity index (χ1) is 7.25. The molecule has 15 heavy (non-hydrogen) atoms. The van der Waals surface area contributed by atoms with Crippen molar-refractivity contribution in [2.24, 2.45) is 0 Å². The smallest absolute Gasteiger partial charge is 0.141 e. The summed E-state index contributed by atoms with van der Waals surface area (Å²) in [4.78, 5) is 4.27. The van der Waals surface area contributed by atoms with Crippen LogP contribution in [0.15, 0.2) is 12.3 Å². The van der Waals surface area contributed by atoms with E-state index in [4.69, 9.17) is 4.74 Å². The molecule has 2 rings (SSSR count). The van der Waals surface area contributed by atoms with Gasteiger partial charge in [0.05, 0.1) is 5.69 Å². The average molecular weight is 318 g/mol. The summed E-state index contributed by atoms with van der Waals surface area (Å²) in [5, 5.41) is 3.41. The summed E-state index contributed by atoms with van der Waals surface area (Å²) in [6, 6.07) is 2.56. The molecule has 1 aromatic heterocycles. The molecule has 1 fully saturated rings. The van der Waals surface area contributed by atoms with E-state index in [0.717, 1.165) is 28.2 Å². The fraction of sp³-hybridized carbons (Fsp3) is 0.545. The molecular formula is C11H15IN2O. The van der Waals surface area contributed by atoms with Crippen LogP contribution in [0.5, 0.6) is 5.75 Å². The second-order valence-electron chi connectivity index (χ2n) is 3.84. The second kappa shape index (κ2) is 5.12. The molecule has 1 aliphatic heterocycles. The highest BCUT2D eigenvalue weighted by molar-refractivity contribution is 14.1. The van der Waals surface area contributed by atoms with E-state index in [2.05, 4.69) is 32.9 Å². The molecule has 1 atom stereocenters. The van der Waals surface area contributed by atoms with Crippen molar-refractivity contribution >= 4 is 22.6 Å². The van der Waals surface area contributed by atoms with Gasteiger partial charge < -0.3 is 10.1 Å². The number of rotatable bonds is 3. The number of aromatic nitrogens is 1. The Morgan fingerprint density at radius 3 is 3.27 bits per heavy atom. The highest BCUT2D eigenvalue weighted by atomic mass is 127. The summed E-state index contributed by atoms with van der Waals surface area (Å²) < 4.78 is 6.89. The summed E-state index contributed by atoms with van der Waals surface area (Å²) in [7, 11) is 0. The molecule has 1 saturated heterocycles. The highest BCUT2D eigenvalue weighted by Gasteiger charge is 2.14. The van der Waals surface area contributed by atoms with Gasteiger partial charge in [0.2, 0.25) is 0 Å². The van der Waals surface area contributed by atoms with Crippen molar-refractivity contribution in [2.45, 2.75) is 25.8 Å². The van der Waals surface area contributed by atoms with Gasteiger partial charge in [0.1, 0.15) is 12.4 Å². The molecular weight excluding hydrogens is 303 g/mol. The lowest BCUT2D eigenvalue weighted by atomic mass is 10.2. The van der Waals surface area contributed by atoms with Gasteiger partial charge in [-0.2, -0.15) is 0 Å². The van der Waals surface area contributed by atoms with Crippen LogP contribution in [0, 0.1) is 10.5 Å². The van der Waals surface area contributed by atoms with E-state index in [1.807, 2.05) is 19.2 Å². The monoisotopic (exact) mass is 318 g/mol. The number of ether oxygens (including phenoxy) is 1. The van der Waals surface area contributed by atoms with Gasteiger partial charge >= 0.3 is 0 Å². The summed E-state index contributed by atoms with van der Waals surface area (Å²) in [5.41, 5.74) is 0.966. The van der Waals surface area contributed by atoms with E-state index in [1.54, 1.807) is 0 Å². The van der Waals surface area contributed by atoms with Gasteiger partial charge in [0.15, 0.2) is 0 Å². The number of hydrogen-bond donors (Lipinski definition) is 1. The first kappa shape index (κ1) is 11.1. The van der Waals surface area contributed by atoms with Crippen molar-refractivity contribution in [1.29, 1.82) is 0 Å². The van der Waals surface area contributed by atoms with Crippen molar-refractivity contribution in [3.05, 3.63) is 21.5 Å². The topological polar surface area (TPSA) is 34.1 Å². The summed E-state index contributed by atoms with van der Waals surface area (Å²) in [6.45, 7) is 3.85. The third kappa shape index (κ3) is 3.04. The Kier molecular flexibility index (Phi) is 3.80. The molecule has 2 heterocycles. The zero-order valence-electron chi connectivity index (χ0n) is 8.79. The summed E-state index contributed by atoms with van der Waals surface area (Å²) in [5.74, 6) is 0.913. The lowest BCUT2D eigenvalue weighted by molar-refractivity contribution is 0.274. The number of aryl methyl sites for hydroxylation is 1. The van der Waals surface area contributed by atoms with Crippen LogP contribution in [-0.2, 0) is 0 Å². The largest absolute Gasteiger partial charge is 0.490 e. The Balaban J connectivity index is 1.94. The van der Waals surface area contributed by atoms with E-state index < -0.39 is 0 Å². The lowest BCUT2D eigenvalue weighted by Gasteiger charge is -2.13. The number of halogens is 1. The molecule has 0 amide bonds. The van der Waals surface area contributed by atoms with Crippen LogP contribution in [0.4, 0.5) is 0 Å². The first-order valence-electron chi connectivity index (χ1n) is 5.24. The molecule has 0 unspecified atom stereocenters. The van der Waals surface area contributed by atoms with Crippen molar-refractivity contribution in [2.75, 3.05) is 13.2 Å². The third-order valence-electron chi connectivity index (χ3n) is 2.61. The molecule has 0 aliphatic carbocycles. The molecule has 0 spiro atoms. The normalized spacial score (nSPS) is 20.5. The minimum absolute atomic E-state index is 0.516. The maximum absolute atomic E-state index is 5.77. The van der Waals surface area contributed by atoms with Gasteiger partial charge in [-0.1, -0.05) is 0 Å². The zero-order valence-corrected chi connectivity index (χ0v) is 11.0. The van der Waals surface area contributed by atoms with Gasteiger partial charge in [-0.25, -0.2) is 0 Å². The molecule has 0 saturated carbocycles. The van der Waals surface area contributed by atoms with Crippen LogP contribution < -0.4 is 10.1 Å². The van der Waals surface area contributed by atoms with E-state index in [-0.39, 0.29) is 0 Å². The molecule has 3 nitrogen and oxygen atoms in total. The molecule has 1 aliphatic rings. The molecule has 0 bridgehead atoms. The molecule has 1 N–H and O–H groups in total. The van der Waals surface area contributed by atoms with Crippen molar-refractivity contribution in [1.82, 2.24) is 10.3 Å². The minimum Gasteiger partial charge on any atom is -0.490 e. The van der Waals surface area contributed by atoms with Crippen molar-refractivity contribution in [3.63, 3.8) is 0 Å². The minimum atomic E-state index is 0.516. The standard InChI is InChI=1S/C11H15IN2O/c1-8-11(5-9(12)6-14-8)15-7-10-3-2-4-13-10/h5-6,10,13H,2-4,7H2,1H3/t10-/m0/s1. The number of pyridine rings is 1. The van der Waals surface area contributed by atoms with Crippen LogP contribution in [0.3, 0.4) is 0 Å². The highest BCUT2D eigenvalue weighted by Crippen LogP contribution is 2.19. The number of nitrogens with one attached hydrogen (secondary N) is 1. The Bertz CT molecular complexity index is 337.